The molecule has 8 aromatic carbocycles. The molecule has 2 aliphatic heterocycles. The van der Waals surface area contributed by atoms with E-state index in [0.29, 0.717) is 0 Å². The van der Waals surface area contributed by atoms with E-state index in [1.54, 1.807) is 0 Å². The maximum atomic E-state index is 6.77. The van der Waals surface area contributed by atoms with Crippen LogP contribution in [0.1, 0.15) is 104 Å². The Morgan fingerprint density at radius 1 is 0.514 bits per heavy atom. The van der Waals surface area contributed by atoms with Crippen molar-refractivity contribution in [3.63, 3.8) is 0 Å². The van der Waals surface area contributed by atoms with Gasteiger partial charge in [0.25, 0.3) is 6.71 Å². The van der Waals surface area contributed by atoms with E-state index in [4.69, 9.17) is 4.42 Å². The second-order valence-electron chi connectivity index (χ2n) is 24.1. The Bertz CT molecular complexity index is 3760. The number of thiophene rings is 1. The van der Waals surface area contributed by atoms with E-state index < -0.39 is 0 Å². The highest BCUT2D eigenvalue weighted by Gasteiger charge is 2.48. The van der Waals surface area contributed by atoms with E-state index in [2.05, 4.69) is 254 Å². The van der Waals surface area contributed by atoms with Crippen LogP contribution >= 0.6 is 11.3 Å². The Balaban J connectivity index is 1.22. The first-order valence-electron chi connectivity index (χ1n) is 25.9. The lowest BCUT2D eigenvalue weighted by Gasteiger charge is -2.44. The van der Waals surface area contributed by atoms with Crippen LogP contribution in [0.15, 0.2) is 174 Å². The Morgan fingerprint density at radius 2 is 1.10 bits per heavy atom. The predicted octanol–water partition coefficient (Wildman–Crippen LogP) is 17.3. The largest absolute Gasteiger partial charge is 0.456 e. The highest BCUT2D eigenvalue weighted by molar-refractivity contribution is 7.33. The number of rotatable bonds is 5. The van der Waals surface area contributed by atoms with Gasteiger partial charge >= 0.3 is 0 Å². The van der Waals surface area contributed by atoms with Gasteiger partial charge in [-0.2, -0.15) is 0 Å². The zero-order valence-corrected chi connectivity index (χ0v) is 44.1. The van der Waals surface area contributed by atoms with Crippen LogP contribution in [0, 0.1) is 0 Å². The minimum absolute atomic E-state index is 0.00991. The van der Waals surface area contributed by atoms with E-state index in [0.717, 1.165) is 56.8 Å². The van der Waals surface area contributed by atoms with Crippen LogP contribution in [0.25, 0.3) is 32.0 Å². The first-order chi connectivity index (χ1) is 34.5. The highest BCUT2D eigenvalue weighted by atomic mass is 32.1. The molecule has 0 bridgehead atoms. The van der Waals surface area contributed by atoms with Crippen molar-refractivity contribution >= 4 is 117 Å². The quantitative estimate of drug-likeness (QED) is 0.160. The number of anilines is 9. The second-order valence-corrected chi connectivity index (χ2v) is 25.1. The molecule has 0 saturated carbocycles. The van der Waals surface area contributed by atoms with Crippen LogP contribution in [-0.4, -0.2) is 6.71 Å². The lowest BCUT2D eigenvalue weighted by molar-refractivity contribution is 0.332. The maximum absolute atomic E-state index is 6.77. The van der Waals surface area contributed by atoms with Crippen LogP contribution in [0.5, 0.6) is 0 Å². The third kappa shape index (κ3) is 6.85. The molecule has 0 atom stereocenters. The van der Waals surface area contributed by atoms with E-state index in [9.17, 15) is 0 Å². The lowest BCUT2D eigenvalue weighted by Crippen LogP contribution is -2.60. The topological polar surface area (TPSA) is 22.9 Å². The van der Waals surface area contributed by atoms with Crippen LogP contribution in [0.4, 0.5) is 51.2 Å². The summed E-state index contributed by atoms with van der Waals surface area (Å²) in [7, 11) is 0. The number of nitrogens with zero attached hydrogens (tertiary/aromatic N) is 3. The number of hydrogen-bond acceptors (Lipinski definition) is 5. The van der Waals surface area contributed by atoms with Crippen LogP contribution < -0.4 is 30.4 Å². The van der Waals surface area contributed by atoms with Gasteiger partial charge in [-0.25, -0.2) is 0 Å². The summed E-state index contributed by atoms with van der Waals surface area (Å²) in [6.45, 7) is 23.8. The minimum Gasteiger partial charge on any atom is -0.456 e. The van der Waals surface area contributed by atoms with E-state index in [-0.39, 0.29) is 28.4 Å². The summed E-state index contributed by atoms with van der Waals surface area (Å²) >= 11 is 2.01. The molecule has 0 saturated heterocycles. The van der Waals surface area contributed by atoms with Crippen molar-refractivity contribution in [3.8, 4) is 0 Å². The maximum Gasteiger partial charge on any atom is 0.264 e. The van der Waals surface area contributed by atoms with Crippen LogP contribution in [-0.2, 0) is 21.7 Å². The van der Waals surface area contributed by atoms with Gasteiger partial charge in [-0.15, -0.1) is 11.3 Å². The van der Waals surface area contributed by atoms with Crippen molar-refractivity contribution in [3.05, 3.63) is 192 Å². The summed E-state index contributed by atoms with van der Waals surface area (Å²) in [5, 5.41) is 3.56. The molecule has 10 aromatic rings. The van der Waals surface area contributed by atoms with Crippen molar-refractivity contribution < 1.29 is 4.42 Å². The van der Waals surface area contributed by atoms with Gasteiger partial charge in [-0.3, -0.25) is 0 Å². The molecule has 1 aliphatic carbocycles. The number of para-hydroxylation sites is 3. The van der Waals surface area contributed by atoms with E-state index in [1.807, 2.05) is 11.3 Å². The Labute approximate surface area is 429 Å². The summed E-state index contributed by atoms with van der Waals surface area (Å²) in [6, 6.07) is 64.0. The molecule has 0 fully saturated rings. The van der Waals surface area contributed by atoms with Crippen molar-refractivity contribution in [1.82, 2.24) is 0 Å². The van der Waals surface area contributed by atoms with Gasteiger partial charge in [-0.1, -0.05) is 154 Å². The summed E-state index contributed by atoms with van der Waals surface area (Å²) in [5.74, 6) is 0. The van der Waals surface area contributed by atoms with Gasteiger partial charge in [0.15, 0.2) is 0 Å². The van der Waals surface area contributed by atoms with E-state index >= 15 is 0 Å². The molecule has 0 spiro atoms. The third-order valence-corrected chi connectivity index (χ3v) is 17.6. The van der Waals surface area contributed by atoms with Gasteiger partial charge < -0.3 is 19.1 Å². The molecule has 2 aromatic heterocycles. The number of hydrogen-bond donors (Lipinski definition) is 0. The molecule has 356 valence electrons. The first kappa shape index (κ1) is 44.9. The van der Waals surface area contributed by atoms with Gasteiger partial charge in [0.2, 0.25) is 0 Å². The SMILES string of the molecule is CC(C)(C)c1ccc(N2c3ccc(C(C)(C)C)cc3B3c4sc5cc6c(cc5c4N(c4cccc5oc7ccccc7c45)c4cc(N(c5ccccc5)c5ccccc5)cc2c43)C(C)(C)CCC6(C)C)cc1. The fourth-order valence-electron chi connectivity index (χ4n) is 12.3. The van der Waals surface area contributed by atoms with Crippen molar-refractivity contribution in [2.24, 2.45) is 0 Å². The molecule has 4 nitrogen and oxygen atoms in total. The van der Waals surface area contributed by atoms with Gasteiger partial charge in [0.1, 0.15) is 11.2 Å². The molecule has 72 heavy (non-hydrogen) atoms. The smallest absolute Gasteiger partial charge is 0.264 e. The summed E-state index contributed by atoms with van der Waals surface area (Å²) in [5.41, 5.74) is 20.5. The van der Waals surface area contributed by atoms with Crippen molar-refractivity contribution in [2.45, 2.75) is 104 Å². The van der Waals surface area contributed by atoms with Crippen LogP contribution in [0.2, 0.25) is 0 Å². The van der Waals surface area contributed by atoms with Crippen molar-refractivity contribution in [1.29, 1.82) is 0 Å². The third-order valence-electron chi connectivity index (χ3n) is 16.4. The molecule has 13 rings (SSSR count). The Kier molecular flexibility index (Phi) is 9.81. The zero-order valence-electron chi connectivity index (χ0n) is 43.3. The molecule has 0 unspecified atom stereocenters. The summed E-state index contributed by atoms with van der Waals surface area (Å²) < 4.78 is 9.49. The van der Waals surface area contributed by atoms with Crippen molar-refractivity contribution in [2.75, 3.05) is 14.7 Å². The molecule has 0 amide bonds. The Morgan fingerprint density at radius 3 is 1.75 bits per heavy atom. The predicted molar refractivity (Wildman–Crippen MR) is 310 cm³/mol. The number of fused-ring (bicyclic) bond motifs is 10. The molecule has 3 aliphatic rings. The van der Waals surface area contributed by atoms with Gasteiger partial charge in [-0.05, 0) is 153 Å². The lowest BCUT2D eigenvalue weighted by atomic mass is 9.36. The molecule has 0 radical (unpaired) electrons. The fourth-order valence-corrected chi connectivity index (χ4v) is 13.6. The molecule has 4 heterocycles. The average Bonchev–Trinajstić information content (AvgIpc) is 3.94. The standard InChI is InChI=1S/C66H62BN3OS/c1-63(2,3)41-28-31-45(32-29-41)69-52-33-30-42(64(4,5)6)36-51(52)67-60-54(69)37-46(68(43-20-13-11-14-21-43)44-22-15-12-16-23-44)38-55(60)70(53-25-19-27-57-59(53)47-24-17-18-26-56(47)71-57)61-48-39-49-50(40-58(48)72-62(61)67)66(9,10)35-34-65(49,7)8/h11-33,36-40H,34-35H2,1-10H3. The average molecular weight is 956 g/mol. The molecule has 6 heteroatoms. The summed E-state index contributed by atoms with van der Waals surface area (Å²) in [4.78, 5) is 7.69. The Hall–Kier alpha value is -7.02. The minimum atomic E-state index is -0.0645. The second kappa shape index (κ2) is 15.7. The van der Waals surface area contributed by atoms with E-state index in [1.165, 1.54) is 77.2 Å². The molecule has 0 N–H and O–H groups in total. The van der Waals surface area contributed by atoms with Gasteiger partial charge in [0, 0.05) is 54.4 Å². The summed E-state index contributed by atoms with van der Waals surface area (Å²) in [6.07, 6.45) is 2.32. The molecular weight excluding hydrogens is 894 g/mol. The fraction of sp³-hybridized carbons (Fsp3) is 0.242. The first-order valence-corrected chi connectivity index (χ1v) is 26.7. The normalized spacial score (nSPS) is 15.7. The number of furan rings is 1. The molecular formula is C66H62BN3OS. The monoisotopic (exact) mass is 955 g/mol. The van der Waals surface area contributed by atoms with Crippen LogP contribution in [0.3, 0.4) is 0 Å². The highest BCUT2D eigenvalue weighted by Crippen LogP contribution is 2.55. The van der Waals surface area contributed by atoms with Gasteiger partial charge in [0.05, 0.1) is 22.4 Å². The zero-order chi connectivity index (χ0) is 49.6. The number of benzene rings is 8.